The second-order valence-electron chi connectivity index (χ2n) is 6.33. The van der Waals surface area contributed by atoms with E-state index in [1.165, 1.54) is 11.0 Å². The van der Waals surface area contributed by atoms with Gasteiger partial charge in [0.05, 0.1) is 23.2 Å². The number of nitrogens with zero attached hydrogens (tertiary/aromatic N) is 2. The van der Waals surface area contributed by atoms with E-state index in [-0.39, 0.29) is 27.6 Å². The van der Waals surface area contributed by atoms with Crippen LogP contribution in [-0.4, -0.2) is 42.3 Å². The molecule has 2 saturated heterocycles. The van der Waals surface area contributed by atoms with E-state index in [2.05, 4.69) is 4.99 Å². The van der Waals surface area contributed by atoms with Gasteiger partial charge in [-0.05, 0) is 24.3 Å². The minimum atomic E-state index is -3.27. The Labute approximate surface area is 159 Å². The van der Waals surface area contributed by atoms with E-state index in [0.29, 0.717) is 5.56 Å². The zero-order valence-corrected chi connectivity index (χ0v) is 15.5. The van der Waals surface area contributed by atoms with Gasteiger partial charge in [-0.1, -0.05) is 30.0 Å². The minimum Gasteiger partial charge on any atom is -0.313 e. The van der Waals surface area contributed by atoms with Crippen LogP contribution in [0.3, 0.4) is 0 Å². The van der Waals surface area contributed by atoms with Crippen LogP contribution in [-0.2, 0) is 9.84 Å². The number of anilines is 1. The second-order valence-corrected chi connectivity index (χ2v) is 9.69. The summed E-state index contributed by atoms with van der Waals surface area (Å²) in [5.41, 5.74) is 0.378. The fourth-order valence-corrected chi connectivity index (χ4v) is 7.16. The highest BCUT2D eigenvalue weighted by atomic mass is 32.2. The number of benzene rings is 2. The fourth-order valence-electron chi connectivity index (χ4n) is 3.25. The Morgan fingerprint density at radius 1 is 1.11 bits per heavy atom. The summed E-state index contributed by atoms with van der Waals surface area (Å²) in [5.74, 6) is -2.31. The zero-order chi connectivity index (χ0) is 19.2. The smallest absolute Gasteiger partial charge is 0.279 e. The zero-order valence-electron chi connectivity index (χ0n) is 13.9. The van der Waals surface area contributed by atoms with Gasteiger partial charge in [0.25, 0.3) is 5.91 Å². The summed E-state index contributed by atoms with van der Waals surface area (Å²) in [6.07, 6.45) is 0. The molecule has 2 aromatic carbocycles. The van der Waals surface area contributed by atoms with Crippen LogP contribution in [0.25, 0.3) is 0 Å². The van der Waals surface area contributed by atoms with Crippen molar-refractivity contribution >= 4 is 38.4 Å². The van der Waals surface area contributed by atoms with E-state index in [4.69, 9.17) is 0 Å². The van der Waals surface area contributed by atoms with Gasteiger partial charge < -0.3 is 4.90 Å². The van der Waals surface area contributed by atoms with Crippen LogP contribution in [0.15, 0.2) is 53.5 Å². The van der Waals surface area contributed by atoms with E-state index in [1.54, 1.807) is 30.3 Å². The quantitative estimate of drug-likeness (QED) is 0.765. The molecule has 140 valence electrons. The molecule has 0 N–H and O–H groups in total. The van der Waals surface area contributed by atoms with E-state index < -0.39 is 33.4 Å². The molecule has 9 heteroatoms. The summed E-state index contributed by atoms with van der Waals surface area (Å²) in [6, 6.07) is 10.9. The number of amides is 1. The first-order chi connectivity index (χ1) is 12.8. The molecule has 2 aromatic rings. The summed E-state index contributed by atoms with van der Waals surface area (Å²) in [5, 5.41) is -0.138. The third-order valence-electron chi connectivity index (χ3n) is 4.45. The summed E-state index contributed by atoms with van der Waals surface area (Å²) >= 11 is 1.14. The Bertz CT molecular complexity index is 1040. The molecule has 0 aromatic heterocycles. The van der Waals surface area contributed by atoms with Crippen molar-refractivity contribution in [2.75, 3.05) is 16.4 Å². The molecule has 27 heavy (non-hydrogen) atoms. The van der Waals surface area contributed by atoms with Crippen molar-refractivity contribution in [1.29, 1.82) is 0 Å². The summed E-state index contributed by atoms with van der Waals surface area (Å²) in [7, 11) is -3.27. The minimum absolute atomic E-state index is 0.00751. The van der Waals surface area contributed by atoms with Gasteiger partial charge in [-0.2, -0.15) is 4.99 Å². The normalized spacial score (nSPS) is 25.0. The van der Waals surface area contributed by atoms with E-state index in [0.717, 1.165) is 23.9 Å². The molecular formula is C18H14F2N2O3S2. The maximum atomic E-state index is 14.4. The fraction of sp³-hybridized carbons (Fsp3) is 0.222. The number of sulfone groups is 1. The molecule has 2 fully saturated rings. The average Bonchev–Trinajstić information content (AvgIpc) is 3.07. The van der Waals surface area contributed by atoms with Gasteiger partial charge in [-0.25, -0.2) is 17.2 Å². The Morgan fingerprint density at radius 3 is 2.56 bits per heavy atom. The number of halogens is 2. The van der Waals surface area contributed by atoms with Gasteiger partial charge in [-0.15, -0.1) is 0 Å². The second kappa shape index (κ2) is 6.72. The van der Waals surface area contributed by atoms with Crippen molar-refractivity contribution < 1.29 is 22.0 Å². The first kappa shape index (κ1) is 18.1. The number of aliphatic imine (C=N–C) groups is 1. The molecule has 2 aliphatic rings. The highest BCUT2D eigenvalue weighted by molar-refractivity contribution is 8.16. The number of amidine groups is 1. The van der Waals surface area contributed by atoms with Crippen molar-refractivity contribution in [3.63, 3.8) is 0 Å². The molecular weight excluding hydrogens is 394 g/mol. The third-order valence-corrected chi connectivity index (χ3v) is 7.66. The molecule has 0 saturated carbocycles. The SMILES string of the molecule is O=C(N=C1S[C@H]2CS(=O)(=O)C[C@@H]2N1c1ccc(F)cc1F)c1ccccc1. The molecule has 2 heterocycles. The molecule has 0 aliphatic carbocycles. The summed E-state index contributed by atoms with van der Waals surface area (Å²) in [6.45, 7) is 0. The number of carbonyl (C=O) groups is 1. The van der Waals surface area contributed by atoms with Gasteiger partial charge in [0.2, 0.25) is 0 Å². The van der Waals surface area contributed by atoms with E-state index >= 15 is 0 Å². The molecule has 2 aliphatic heterocycles. The van der Waals surface area contributed by atoms with Crippen LogP contribution in [0.1, 0.15) is 10.4 Å². The van der Waals surface area contributed by atoms with E-state index in [9.17, 15) is 22.0 Å². The summed E-state index contributed by atoms with van der Waals surface area (Å²) < 4.78 is 51.7. The van der Waals surface area contributed by atoms with Gasteiger partial charge in [0.1, 0.15) is 11.6 Å². The predicted octanol–water partition coefficient (Wildman–Crippen LogP) is 2.88. The average molecular weight is 408 g/mol. The number of carbonyl (C=O) groups excluding carboxylic acids is 1. The molecule has 0 bridgehead atoms. The Hall–Kier alpha value is -2.26. The van der Waals surface area contributed by atoms with Crippen molar-refractivity contribution in [1.82, 2.24) is 0 Å². The number of rotatable bonds is 2. The van der Waals surface area contributed by atoms with Crippen LogP contribution in [0, 0.1) is 11.6 Å². The van der Waals surface area contributed by atoms with Gasteiger partial charge in [-0.3, -0.25) is 4.79 Å². The standard InChI is InChI=1S/C18H14F2N2O3S2/c19-12-6-7-14(13(20)8-12)22-15-9-27(24,25)10-16(15)26-18(22)21-17(23)11-4-2-1-3-5-11/h1-8,15-16H,9-10H2/t15-,16-/m0/s1. The Morgan fingerprint density at radius 2 is 1.85 bits per heavy atom. The predicted molar refractivity (Wildman–Crippen MR) is 101 cm³/mol. The molecule has 2 atom stereocenters. The number of hydrogen-bond donors (Lipinski definition) is 0. The maximum absolute atomic E-state index is 14.4. The van der Waals surface area contributed by atoms with Crippen molar-refractivity contribution in [2.45, 2.75) is 11.3 Å². The molecule has 4 rings (SSSR count). The highest BCUT2D eigenvalue weighted by Crippen LogP contribution is 2.41. The lowest BCUT2D eigenvalue weighted by molar-refractivity contribution is 0.100. The summed E-state index contributed by atoms with van der Waals surface area (Å²) in [4.78, 5) is 18.0. The van der Waals surface area contributed by atoms with Gasteiger partial charge >= 0.3 is 0 Å². The maximum Gasteiger partial charge on any atom is 0.279 e. The number of fused-ring (bicyclic) bond motifs is 1. The van der Waals surface area contributed by atoms with Crippen LogP contribution in [0.2, 0.25) is 0 Å². The Kier molecular flexibility index (Phi) is 4.51. The van der Waals surface area contributed by atoms with Gasteiger partial charge in [0.15, 0.2) is 15.0 Å². The van der Waals surface area contributed by atoms with Crippen molar-refractivity contribution in [3.05, 3.63) is 65.7 Å². The molecule has 0 spiro atoms. The first-order valence-electron chi connectivity index (χ1n) is 8.13. The lowest BCUT2D eigenvalue weighted by Gasteiger charge is -2.24. The highest BCUT2D eigenvalue weighted by Gasteiger charge is 2.50. The van der Waals surface area contributed by atoms with Crippen molar-refractivity contribution in [2.24, 2.45) is 4.99 Å². The molecule has 0 radical (unpaired) electrons. The molecule has 5 nitrogen and oxygen atoms in total. The van der Waals surface area contributed by atoms with Crippen LogP contribution < -0.4 is 4.90 Å². The molecule has 0 unspecified atom stereocenters. The van der Waals surface area contributed by atoms with Crippen LogP contribution in [0.5, 0.6) is 0 Å². The monoisotopic (exact) mass is 408 g/mol. The van der Waals surface area contributed by atoms with Crippen molar-refractivity contribution in [3.8, 4) is 0 Å². The van der Waals surface area contributed by atoms with E-state index in [1.807, 2.05) is 0 Å². The van der Waals surface area contributed by atoms with Gasteiger partial charge in [0, 0.05) is 16.9 Å². The first-order valence-corrected chi connectivity index (χ1v) is 10.8. The lowest BCUT2D eigenvalue weighted by atomic mass is 10.2. The lowest BCUT2D eigenvalue weighted by Crippen LogP contribution is -2.38. The number of hydrogen-bond acceptors (Lipinski definition) is 4. The number of thioether (sulfide) groups is 1. The largest absolute Gasteiger partial charge is 0.313 e. The molecule has 1 amide bonds. The van der Waals surface area contributed by atoms with Crippen LogP contribution in [0.4, 0.5) is 14.5 Å². The van der Waals surface area contributed by atoms with Crippen LogP contribution >= 0.6 is 11.8 Å². The third kappa shape index (κ3) is 3.49. The Balaban J connectivity index is 1.76. The topological polar surface area (TPSA) is 66.8 Å².